The summed E-state index contributed by atoms with van der Waals surface area (Å²) < 4.78 is 10.8. The maximum Gasteiger partial charge on any atom is 0.337 e. The highest BCUT2D eigenvalue weighted by Crippen LogP contribution is 2.39. The quantitative estimate of drug-likeness (QED) is 0.570. The summed E-state index contributed by atoms with van der Waals surface area (Å²) in [5.74, 6) is 0.411. The Labute approximate surface area is 169 Å². The first-order valence-electron chi connectivity index (χ1n) is 8.52. The molecule has 27 heavy (non-hydrogen) atoms. The van der Waals surface area contributed by atoms with Crippen molar-refractivity contribution in [2.45, 2.75) is 31.9 Å². The molecule has 1 aliphatic rings. The molecule has 0 aliphatic carbocycles. The Morgan fingerprint density at radius 1 is 1.30 bits per heavy atom. The average Bonchev–Trinajstić information content (AvgIpc) is 2.62. The van der Waals surface area contributed by atoms with Crippen LogP contribution in [0.1, 0.15) is 42.2 Å². The number of hydrogen-bond donors (Lipinski definition) is 2. The third-order valence-corrected chi connectivity index (χ3v) is 4.87. The van der Waals surface area contributed by atoms with Crippen LogP contribution in [0.3, 0.4) is 0 Å². The summed E-state index contributed by atoms with van der Waals surface area (Å²) in [4.78, 5) is 11.7. The molecule has 1 atom stereocenters. The predicted molar refractivity (Wildman–Crippen MR) is 111 cm³/mol. The number of carbonyl (C=O) groups excluding carboxylic acids is 1. The summed E-state index contributed by atoms with van der Waals surface area (Å²) in [7, 11) is 1.33. The van der Waals surface area contributed by atoms with Gasteiger partial charge in [-0.05, 0) is 50.3 Å². The van der Waals surface area contributed by atoms with E-state index < -0.39 is 5.97 Å². The number of para-hydroxylation sites is 1. The zero-order valence-electron chi connectivity index (χ0n) is 15.3. The van der Waals surface area contributed by atoms with Gasteiger partial charge in [0.25, 0.3) is 0 Å². The molecule has 2 N–H and O–H groups in total. The van der Waals surface area contributed by atoms with E-state index in [1.807, 2.05) is 38.1 Å². The van der Waals surface area contributed by atoms with Crippen molar-refractivity contribution in [1.29, 1.82) is 0 Å². The highest BCUT2D eigenvalue weighted by molar-refractivity contribution is 7.80. The smallest absolute Gasteiger partial charge is 0.337 e. The van der Waals surface area contributed by atoms with E-state index in [1.165, 1.54) is 7.11 Å². The molecule has 0 saturated heterocycles. The van der Waals surface area contributed by atoms with Gasteiger partial charge in [-0.1, -0.05) is 29.8 Å². The van der Waals surface area contributed by atoms with Crippen molar-refractivity contribution in [1.82, 2.24) is 5.32 Å². The number of ether oxygens (including phenoxy) is 2. The predicted octanol–water partition coefficient (Wildman–Crippen LogP) is 4.72. The van der Waals surface area contributed by atoms with Crippen LogP contribution in [0.15, 0.2) is 42.5 Å². The zero-order chi connectivity index (χ0) is 19.6. The van der Waals surface area contributed by atoms with E-state index in [0.717, 1.165) is 17.7 Å². The van der Waals surface area contributed by atoms with E-state index in [1.54, 1.807) is 18.2 Å². The molecular weight excluding hydrogens is 384 g/mol. The Morgan fingerprint density at radius 3 is 2.78 bits per heavy atom. The fourth-order valence-electron chi connectivity index (χ4n) is 3.11. The minimum atomic E-state index is -0.436. The van der Waals surface area contributed by atoms with Crippen molar-refractivity contribution in [3.05, 3.63) is 58.6 Å². The van der Waals surface area contributed by atoms with Crippen LogP contribution in [0.2, 0.25) is 5.02 Å². The number of esters is 1. The van der Waals surface area contributed by atoms with Crippen LogP contribution in [0.5, 0.6) is 5.75 Å². The molecule has 0 radical (unpaired) electrons. The second-order valence-electron chi connectivity index (χ2n) is 6.94. The molecule has 7 heteroatoms. The van der Waals surface area contributed by atoms with Crippen LogP contribution in [-0.4, -0.2) is 23.8 Å². The minimum Gasteiger partial charge on any atom is -0.487 e. The van der Waals surface area contributed by atoms with Gasteiger partial charge in [0.2, 0.25) is 0 Å². The zero-order valence-corrected chi connectivity index (χ0v) is 16.9. The maximum absolute atomic E-state index is 11.7. The van der Waals surface area contributed by atoms with Gasteiger partial charge in [-0.25, -0.2) is 4.79 Å². The SMILES string of the molecule is COC(=O)c1ccc(Cl)c(NC(=S)N[C@@H]2CC(C)(C)Oc3ccccc32)c1. The molecule has 1 heterocycles. The maximum atomic E-state index is 11.7. The van der Waals surface area contributed by atoms with Gasteiger partial charge in [0, 0.05) is 12.0 Å². The van der Waals surface area contributed by atoms with Crippen LogP contribution in [0, 0.1) is 0 Å². The number of methoxy groups -OCH3 is 1. The summed E-state index contributed by atoms with van der Waals surface area (Å²) >= 11 is 11.7. The Morgan fingerprint density at radius 2 is 2.04 bits per heavy atom. The molecule has 142 valence electrons. The van der Waals surface area contributed by atoms with Crippen LogP contribution in [-0.2, 0) is 4.74 Å². The molecule has 0 fully saturated rings. The van der Waals surface area contributed by atoms with Crippen LogP contribution >= 0.6 is 23.8 Å². The van der Waals surface area contributed by atoms with Gasteiger partial charge >= 0.3 is 5.97 Å². The van der Waals surface area contributed by atoms with Crippen molar-refractivity contribution in [3.8, 4) is 5.75 Å². The second kappa shape index (κ2) is 7.74. The molecule has 2 aromatic carbocycles. The Kier molecular flexibility index (Phi) is 5.58. The molecule has 1 aliphatic heterocycles. The standard InChI is InChI=1S/C20H21ClN2O3S/c1-20(2)11-16(13-6-4-5-7-17(13)26-20)23-19(27)22-15-10-12(18(24)25-3)8-9-14(15)21/h4-10,16H,11H2,1-3H3,(H2,22,23,27)/t16-/m1/s1. The summed E-state index contributed by atoms with van der Waals surface area (Å²) in [6.07, 6.45) is 0.752. The topological polar surface area (TPSA) is 59.6 Å². The molecule has 0 amide bonds. The number of benzene rings is 2. The fourth-order valence-corrected chi connectivity index (χ4v) is 3.53. The molecule has 0 saturated carbocycles. The number of nitrogens with one attached hydrogen (secondary N) is 2. The number of carbonyl (C=O) groups is 1. The van der Waals surface area contributed by atoms with Gasteiger partial charge in [0.15, 0.2) is 5.11 Å². The van der Waals surface area contributed by atoms with Gasteiger partial charge in [-0.2, -0.15) is 0 Å². The molecule has 0 bridgehead atoms. The normalized spacial score (nSPS) is 17.3. The van der Waals surface area contributed by atoms with Gasteiger partial charge in [0.05, 0.1) is 29.4 Å². The summed E-state index contributed by atoms with van der Waals surface area (Å²) in [5, 5.41) is 7.28. The van der Waals surface area contributed by atoms with E-state index >= 15 is 0 Å². The van der Waals surface area contributed by atoms with Crippen LogP contribution in [0.25, 0.3) is 0 Å². The van der Waals surface area contributed by atoms with Gasteiger partial charge < -0.3 is 20.1 Å². The molecule has 0 unspecified atom stereocenters. The van der Waals surface area contributed by atoms with E-state index in [-0.39, 0.29) is 11.6 Å². The average molecular weight is 405 g/mol. The number of halogens is 1. The van der Waals surface area contributed by atoms with Crippen molar-refractivity contribution in [2.24, 2.45) is 0 Å². The van der Waals surface area contributed by atoms with Crippen LogP contribution < -0.4 is 15.4 Å². The van der Waals surface area contributed by atoms with E-state index in [0.29, 0.717) is 21.4 Å². The number of anilines is 1. The molecule has 0 spiro atoms. The monoisotopic (exact) mass is 404 g/mol. The third-order valence-electron chi connectivity index (χ3n) is 4.32. The number of hydrogen-bond acceptors (Lipinski definition) is 4. The van der Waals surface area contributed by atoms with Crippen molar-refractivity contribution < 1.29 is 14.3 Å². The fraction of sp³-hybridized carbons (Fsp3) is 0.300. The molecule has 5 nitrogen and oxygen atoms in total. The summed E-state index contributed by atoms with van der Waals surface area (Å²) in [6, 6.07) is 12.7. The van der Waals surface area contributed by atoms with E-state index in [4.69, 9.17) is 33.3 Å². The third kappa shape index (κ3) is 4.51. The lowest BCUT2D eigenvalue weighted by atomic mass is 9.90. The van der Waals surface area contributed by atoms with Gasteiger partial charge in [0.1, 0.15) is 11.4 Å². The molecule has 2 aromatic rings. The van der Waals surface area contributed by atoms with Gasteiger partial charge in [-0.3, -0.25) is 0 Å². The number of thiocarbonyl (C=S) groups is 1. The lowest BCUT2D eigenvalue weighted by molar-refractivity contribution is 0.0600. The van der Waals surface area contributed by atoms with E-state index in [9.17, 15) is 4.79 Å². The Hall–Kier alpha value is -2.31. The van der Waals surface area contributed by atoms with Crippen LogP contribution in [0.4, 0.5) is 5.69 Å². The number of rotatable bonds is 3. The first kappa shape index (κ1) is 19.5. The first-order chi connectivity index (χ1) is 12.8. The van der Waals surface area contributed by atoms with Gasteiger partial charge in [-0.15, -0.1) is 0 Å². The van der Waals surface area contributed by atoms with Crippen molar-refractivity contribution >= 4 is 40.6 Å². The largest absolute Gasteiger partial charge is 0.487 e. The van der Waals surface area contributed by atoms with E-state index in [2.05, 4.69) is 10.6 Å². The van der Waals surface area contributed by atoms with Crippen molar-refractivity contribution in [3.63, 3.8) is 0 Å². The lowest BCUT2D eigenvalue weighted by Gasteiger charge is -2.38. The molecule has 3 rings (SSSR count). The minimum absolute atomic E-state index is 0.00693. The lowest BCUT2D eigenvalue weighted by Crippen LogP contribution is -2.42. The Bertz CT molecular complexity index is 885. The second-order valence-corrected chi connectivity index (χ2v) is 7.76. The number of fused-ring (bicyclic) bond motifs is 1. The summed E-state index contributed by atoms with van der Waals surface area (Å²) in [6.45, 7) is 4.09. The van der Waals surface area contributed by atoms with Crippen molar-refractivity contribution in [2.75, 3.05) is 12.4 Å². The highest BCUT2D eigenvalue weighted by atomic mass is 35.5. The molecular formula is C20H21ClN2O3S. The Balaban J connectivity index is 1.78. The summed E-state index contributed by atoms with van der Waals surface area (Å²) in [5.41, 5.74) is 1.67. The highest BCUT2D eigenvalue weighted by Gasteiger charge is 2.33. The molecule has 0 aromatic heterocycles. The first-order valence-corrected chi connectivity index (χ1v) is 9.31.